The smallest absolute Gasteiger partial charge is 0.191 e. The van der Waals surface area contributed by atoms with Gasteiger partial charge in [0.15, 0.2) is 11.4 Å². The zero-order chi connectivity index (χ0) is 22.7. The van der Waals surface area contributed by atoms with Crippen LogP contribution in [-0.4, -0.2) is 26.5 Å². The molecule has 3 aromatic heterocycles. The van der Waals surface area contributed by atoms with Crippen molar-refractivity contribution in [1.29, 1.82) is 0 Å². The highest BCUT2D eigenvalue weighted by Gasteiger charge is 2.25. The molecule has 0 atom stereocenters. The zero-order valence-corrected chi connectivity index (χ0v) is 19.0. The molecule has 8 nitrogen and oxygen atoms in total. The Hall–Kier alpha value is -3.98. The molecule has 170 valence electrons. The van der Waals surface area contributed by atoms with Crippen LogP contribution in [0.1, 0.15) is 16.8 Å². The summed E-state index contributed by atoms with van der Waals surface area (Å²) in [6.07, 6.45) is 6.34. The number of fused-ring (bicyclic) bond motifs is 3. The van der Waals surface area contributed by atoms with Crippen LogP contribution in [-0.2, 0) is 19.6 Å². The molecule has 5 aromatic rings. The molecule has 0 unspecified atom stereocenters. The molecule has 0 spiro atoms. The Morgan fingerprint density at radius 1 is 1.09 bits per heavy atom. The Bertz CT molecular complexity index is 1420. The van der Waals surface area contributed by atoms with Crippen LogP contribution < -0.4 is 14.2 Å². The second kappa shape index (κ2) is 9.11. The molecular formula is C25H21N5O3S. The second-order valence-corrected chi connectivity index (χ2v) is 8.66. The van der Waals surface area contributed by atoms with Crippen molar-refractivity contribution in [2.24, 2.45) is 0 Å². The van der Waals surface area contributed by atoms with Crippen molar-refractivity contribution in [3.8, 4) is 11.5 Å². The molecule has 1 aliphatic rings. The van der Waals surface area contributed by atoms with E-state index in [-0.39, 0.29) is 0 Å². The van der Waals surface area contributed by atoms with E-state index in [1.807, 2.05) is 65.5 Å². The molecule has 0 saturated carbocycles. The molecular weight excluding hydrogens is 450 g/mol. The van der Waals surface area contributed by atoms with E-state index < -0.39 is 0 Å². The first-order valence-corrected chi connectivity index (χ1v) is 11.8. The summed E-state index contributed by atoms with van der Waals surface area (Å²) in [5, 5.41) is 9.47. The molecule has 34 heavy (non-hydrogen) atoms. The number of pyridine rings is 1. The van der Waals surface area contributed by atoms with Gasteiger partial charge in [0, 0.05) is 30.6 Å². The van der Waals surface area contributed by atoms with Crippen molar-refractivity contribution < 1.29 is 14.0 Å². The monoisotopic (exact) mass is 471 g/mol. The van der Waals surface area contributed by atoms with E-state index in [0.717, 1.165) is 39.5 Å². The highest BCUT2D eigenvalue weighted by atomic mass is 32.2. The Morgan fingerprint density at radius 2 is 2.03 bits per heavy atom. The van der Waals surface area contributed by atoms with E-state index in [0.29, 0.717) is 31.2 Å². The van der Waals surface area contributed by atoms with Crippen molar-refractivity contribution in [1.82, 2.24) is 19.9 Å². The van der Waals surface area contributed by atoms with Crippen LogP contribution in [0.25, 0.3) is 11.0 Å². The summed E-state index contributed by atoms with van der Waals surface area (Å²) in [4.78, 5) is 5.25. The fraction of sp³-hybridized carbons (Fsp3) is 0.160. The predicted octanol–water partition coefficient (Wildman–Crippen LogP) is 5.10. The predicted molar refractivity (Wildman–Crippen MR) is 129 cm³/mol. The Balaban J connectivity index is 1.24. The average Bonchev–Trinajstić information content (AvgIpc) is 3.64. The maximum absolute atomic E-state index is 6.02. The number of nitrogens with one attached hydrogen (secondary N) is 1. The molecule has 4 heterocycles. The van der Waals surface area contributed by atoms with Crippen molar-refractivity contribution >= 4 is 28.7 Å². The number of hydrogen-bond acceptors (Lipinski definition) is 8. The molecule has 0 amide bonds. The van der Waals surface area contributed by atoms with Gasteiger partial charge in [0.25, 0.3) is 0 Å². The summed E-state index contributed by atoms with van der Waals surface area (Å²) in [5.41, 5.74) is 3.87. The van der Waals surface area contributed by atoms with Gasteiger partial charge in [0.05, 0.1) is 23.7 Å². The highest BCUT2D eigenvalue weighted by Crippen LogP contribution is 2.42. The first kappa shape index (κ1) is 20.6. The molecule has 0 radical (unpaired) electrons. The van der Waals surface area contributed by atoms with Gasteiger partial charge in [0.2, 0.25) is 0 Å². The Labute approximate surface area is 200 Å². The van der Waals surface area contributed by atoms with Gasteiger partial charge in [-0.15, -0.1) is 0 Å². The minimum absolute atomic E-state index is 0.395. The van der Waals surface area contributed by atoms with E-state index in [4.69, 9.17) is 14.0 Å². The first-order chi connectivity index (χ1) is 16.8. The van der Waals surface area contributed by atoms with Crippen LogP contribution in [0.15, 0.2) is 82.6 Å². The molecule has 1 N–H and O–H groups in total. The average molecular weight is 472 g/mol. The number of nitrogens with zero attached hydrogens (tertiary/aromatic N) is 4. The van der Waals surface area contributed by atoms with Gasteiger partial charge in [-0.2, -0.15) is 5.10 Å². The summed E-state index contributed by atoms with van der Waals surface area (Å²) < 4.78 is 23.0. The van der Waals surface area contributed by atoms with E-state index >= 15 is 0 Å². The van der Waals surface area contributed by atoms with Gasteiger partial charge in [0.1, 0.15) is 23.5 Å². The third kappa shape index (κ3) is 4.06. The van der Waals surface area contributed by atoms with Crippen LogP contribution >= 0.6 is 11.9 Å². The van der Waals surface area contributed by atoms with Crippen LogP contribution in [0.2, 0.25) is 0 Å². The highest BCUT2D eigenvalue weighted by molar-refractivity contribution is 8.00. The standard InChI is InChI=1S/C25H21N5O3S/c1-2-8-22(20(7-1)32-16-18-6-3-4-10-26-18)34-29-25-23-21(33-28-25)14-17(15-30-12-5-11-27-30)19-9-13-31-24(19)23/h1-8,10-12,14H,9,13,15-16H2,(H,28,29). The molecule has 2 aromatic carbocycles. The van der Waals surface area contributed by atoms with Gasteiger partial charge in [-0.1, -0.05) is 23.4 Å². The largest absolute Gasteiger partial charge is 0.492 e. The Kier molecular flexibility index (Phi) is 5.52. The summed E-state index contributed by atoms with van der Waals surface area (Å²) in [7, 11) is 0. The Morgan fingerprint density at radius 3 is 2.91 bits per heavy atom. The zero-order valence-electron chi connectivity index (χ0n) is 18.2. The van der Waals surface area contributed by atoms with E-state index in [1.165, 1.54) is 17.5 Å². The van der Waals surface area contributed by atoms with Crippen molar-refractivity contribution in [3.63, 3.8) is 0 Å². The maximum atomic E-state index is 6.02. The number of aromatic nitrogens is 4. The fourth-order valence-corrected chi connectivity index (χ4v) is 4.74. The first-order valence-electron chi connectivity index (χ1n) is 10.9. The molecule has 0 saturated heterocycles. The van der Waals surface area contributed by atoms with Crippen molar-refractivity contribution in [2.45, 2.75) is 24.5 Å². The summed E-state index contributed by atoms with van der Waals surface area (Å²) in [6, 6.07) is 17.6. The SMILES string of the molecule is c1ccc(COc2ccccc2SNc2noc3cc(Cn4cccn4)c4c(c23)OCC4)nc1. The second-order valence-electron chi connectivity index (χ2n) is 7.81. The normalized spacial score (nSPS) is 12.5. The van der Waals surface area contributed by atoms with Crippen LogP contribution in [0.4, 0.5) is 5.82 Å². The van der Waals surface area contributed by atoms with E-state index in [2.05, 4.69) is 20.0 Å². The number of para-hydroxylation sites is 1. The molecule has 9 heteroatoms. The maximum Gasteiger partial charge on any atom is 0.191 e. The number of rotatable bonds is 8. The summed E-state index contributed by atoms with van der Waals surface area (Å²) in [6.45, 7) is 1.70. The lowest BCUT2D eigenvalue weighted by Gasteiger charge is -2.11. The summed E-state index contributed by atoms with van der Waals surface area (Å²) >= 11 is 1.42. The number of benzene rings is 2. The molecule has 6 rings (SSSR count). The molecule has 1 aliphatic heterocycles. The van der Waals surface area contributed by atoms with Crippen molar-refractivity contribution in [2.75, 3.05) is 11.3 Å². The van der Waals surface area contributed by atoms with Crippen LogP contribution in [0.5, 0.6) is 11.5 Å². The lowest BCUT2D eigenvalue weighted by molar-refractivity contribution is 0.294. The van der Waals surface area contributed by atoms with Gasteiger partial charge >= 0.3 is 0 Å². The fourth-order valence-electron chi connectivity index (χ4n) is 4.02. The van der Waals surface area contributed by atoms with Gasteiger partial charge < -0.3 is 18.7 Å². The summed E-state index contributed by atoms with van der Waals surface area (Å²) in [5.74, 6) is 2.23. The lowest BCUT2D eigenvalue weighted by atomic mass is 10.0. The third-order valence-electron chi connectivity index (χ3n) is 5.61. The molecule has 0 fully saturated rings. The van der Waals surface area contributed by atoms with E-state index in [9.17, 15) is 0 Å². The molecule has 0 bridgehead atoms. The quantitative estimate of drug-likeness (QED) is 0.313. The topological polar surface area (TPSA) is 87.2 Å². The van der Waals surface area contributed by atoms with Crippen molar-refractivity contribution in [3.05, 3.63) is 90.0 Å². The van der Waals surface area contributed by atoms with Gasteiger partial charge in [-0.25, -0.2) is 0 Å². The van der Waals surface area contributed by atoms with E-state index in [1.54, 1.807) is 12.4 Å². The van der Waals surface area contributed by atoms with Gasteiger partial charge in [-0.3, -0.25) is 9.67 Å². The number of ether oxygens (including phenoxy) is 2. The third-order valence-corrected chi connectivity index (χ3v) is 6.46. The minimum Gasteiger partial charge on any atom is -0.492 e. The minimum atomic E-state index is 0.395. The van der Waals surface area contributed by atoms with Gasteiger partial charge in [-0.05, 0) is 53.9 Å². The van der Waals surface area contributed by atoms with Crippen LogP contribution in [0, 0.1) is 0 Å². The number of hydrogen-bond donors (Lipinski definition) is 1. The van der Waals surface area contributed by atoms with Crippen LogP contribution in [0.3, 0.4) is 0 Å². The number of anilines is 1. The molecule has 0 aliphatic carbocycles. The lowest BCUT2D eigenvalue weighted by Crippen LogP contribution is -2.02.